The summed E-state index contributed by atoms with van der Waals surface area (Å²) in [6.07, 6.45) is 0. The highest BCUT2D eigenvalue weighted by Gasteiger charge is 2.23. The van der Waals surface area contributed by atoms with E-state index < -0.39 is 0 Å². The minimum absolute atomic E-state index is 0.536. The number of para-hydroxylation sites is 8. The van der Waals surface area contributed by atoms with Gasteiger partial charge in [0.1, 0.15) is 0 Å². The van der Waals surface area contributed by atoms with Gasteiger partial charge in [-0.2, -0.15) is 29.9 Å². The van der Waals surface area contributed by atoms with Gasteiger partial charge >= 0.3 is 0 Å². The predicted octanol–water partition coefficient (Wildman–Crippen LogP) is 17.1. The zero-order valence-electron chi connectivity index (χ0n) is 43.9. The molecule has 0 atom stereocenters. The van der Waals surface area contributed by atoms with E-state index >= 15 is 0 Å². The average Bonchev–Trinajstić information content (AvgIpc) is 4.48. The van der Waals surface area contributed by atoms with Crippen LogP contribution in [0.5, 0.6) is 0 Å². The van der Waals surface area contributed by atoms with Gasteiger partial charge < -0.3 is 0 Å². The van der Waals surface area contributed by atoms with E-state index in [2.05, 4.69) is 285 Å². The molecule has 0 N–H and O–H groups in total. The largest absolute Gasteiger partial charge is 0.278 e. The monoisotopic (exact) mass is 1050 g/mol. The molecule has 0 saturated carbocycles. The van der Waals surface area contributed by atoms with E-state index in [9.17, 15) is 0 Å². The highest BCUT2D eigenvalue weighted by atomic mass is 15.3. The summed E-state index contributed by atoms with van der Waals surface area (Å²) in [5.74, 6) is 3.27. The third-order valence-corrected chi connectivity index (χ3v) is 16.1. The van der Waals surface area contributed by atoms with Gasteiger partial charge in [0.15, 0.2) is 11.6 Å². The number of hydrogen-bond donors (Lipinski definition) is 0. The van der Waals surface area contributed by atoms with E-state index in [1.807, 2.05) is 0 Å². The van der Waals surface area contributed by atoms with Crippen LogP contribution in [-0.2, 0) is 0 Å². The molecule has 0 aliphatic rings. The maximum atomic E-state index is 5.37. The number of rotatable bonds is 8. The third-order valence-electron chi connectivity index (χ3n) is 16.1. The Hall–Kier alpha value is -11.4. The van der Waals surface area contributed by atoms with Crippen molar-refractivity contribution in [1.82, 2.24) is 48.2 Å². The van der Waals surface area contributed by atoms with Crippen LogP contribution in [0, 0.1) is 0 Å². The van der Waals surface area contributed by atoms with Crippen LogP contribution in [0.1, 0.15) is 0 Å². The maximum Gasteiger partial charge on any atom is 0.240 e. The second-order valence-electron chi connectivity index (χ2n) is 20.7. The van der Waals surface area contributed by atoms with E-state index in [1.54, 1.807) is 0 Å². The van der Waals surface area contributed by atoms with Crippen molar-refractivity contribution in [2.24, 2.45) is 0 Å². The summed E-state index contributed by atoms with van der Waals surface area (Å²) in [6.45, 7) is 0. The van der Waals surface area contributed by atoms with Crippen LogP contribution in [0.3, 0.4) is 0 Å². The fourth-order valence-corrected chi connectivity index (χ4v) is 12.5. The molecule has 0 bridgehead atoms. The number of hydrogen-bond acceptors (Lipinski definition) is 6. The van der Waals surface area contributed by atoms with Crippen LogP contribution in [0.15, 0.2) is 267 Å². The Labute approximate surface area is 468 Å². The van der Waals surface area contributed by atoms with Crippen molar-refractivity contribution < 1.29 is 0 Å². The van der Waals surface area contributed by atoms with Crippen LogP contribution >= 0.6 is 0 Å². The molecular weight excluding hydrogens is 1000 g/mol. The van der Waals surface area contributed by atoms with Crippen molar-refractivity contribution in [2.45, 2.75) is 0 Å². The van der Waals surface area contributed by atoms with E-state index in [0.29, 0.717) is 35.4 Å². The third kappa shape index (κ3) is 7.08. The smallest absolute Gasteiger partial charge is 0.240 e. The van der Waals surface area contributed by atoms with Crippen molar-refractivity contribution >= 4 is 87.2 Å². The molecule has 17 aromatic rings. The average molecular weight is 1050 g/mol. The van der Waals surface area contributed by atoms with Gasteiger partial charge in [-0.3, -0.25) is 18.3 Å². The first-order valence-electron chi connectivity index (χ1n) is 27.4. The molecule has 11 aromatic carbocycles. The molecule has 10 heteroatoms. The molecule has 82 heavy (non-hydrogen) atoms. The molecular formula is C72H44N10. The van der Waals surface area contributed by atoms with Gasteiger partial charge in [-0.15, -0.1) is 0 Å². The fourth-order valence-electron chi connectivity index (χ4n) is 12.5. The van der Waals surface area contributed by atoms with Gasteiger partial charge in [-0.05, 0) is 89.0 Å². The van der Waals surface area contributed by atoms with Gasteiger partial charge in [0.25, 0.3) is 0 Å². The van der Waals surface area contributed by atoms with Crippen molar-refractivity contribution in [3.8, 4) is 68.8 Å². The van der Waals surface area contributed by atoms with Gasteiger partial charge in [0, 0.05) is 54.2 Å². The molecule has 0 fully saturated rings. The van der Waals surface area contributed by atoms with Gasteiger partial charge in [-0.25, -0.2) is 0 Å². The van der Waals surface area contributed by atoms with E-state index in [0.717, 1.165) is 121 Å². The summed E-state index contributed by atoms with van der Waals surface area (Å²) < 4.78 is 8.68. The van der Waals surface area contributed by atoms with Crippen molar-refractivity contribution in [1.29, 1.82) is 0 Å². The normalized spacial score (nSPS) is 11.9. The van der Waals surface area contributed by atoms with Gasteiger partial charge in [0.05, 0.1) is 44.1 Å². The van der Waals surface area contributed by atoms with Crippen molar-refractivity contribution in [3.05, 3.63) is 267 Å². The molecule has 6 heterocycles. The molecule has 0 aliphatic heterocycles. The molecule has 0 amide bonds. The predicted molar refractivity (Wildman–Crippen MR) is 332 cm³/mol. The van der Waals surface area contributed by atoms with Crippen LogP contribution in [-0.4, -0.2) is 48.2 Å². The quantitative estimate of drug-likeness (QED) is 0.150. The van der Waals surface area contributed by atoms with Crippen LogP contribution in [0.4, 0.5) is 0 Å². The highest BCUT2D eigenvalue weighted by molar-refractivity contribution is 6.12. The molecule has 0 saturated heterocycles. The zero-order chi connectivity index (χ0) is 53.8. The summed E-state index contributed by atoms with van der Waals surface area (Å²) in [6, 6.07) is 93.4. The second-order valence-corrected chi connectivity index (χ2v) is 20.7. The van der Waals surface area contributed by atoms with Crippen LogP contribution in [0.25, 0.3) is 156 Å². The lowest BCUT2D eigenvalue weighted by Crippen LogP contribution is -2.10. The molecule has 382 valence electrons. The lowest BCUT2D eigenvalue weighted by Gasteiger charge is -2.14. The van der Waals surface area contributed by atoms with Crippen LogP contribution in [0.2, 0.25) is 0 Å². The first kappa shape index (κ1) is 45.6. The van der Waals surface area contributed by atoms with E-state index in [4.69, 9.17) is 29.9 Å². The van der Waals surface area contributed by atoms with Crippen molar-refractivity contribution in [3.63, 3.8) is 0 Å². The summed E-state index contributed by atoms with van der Waals surface area (Å²) in [4.78, 5) is 32.2. The summed E-state index contributed by atoms with van der Waals surface area (Å²) in [7, 11) is 0. The standard InChI is InChI=1S/C72H44N10/c1-9-34-59-51(26-1)52-27-2-10-35-60(52)79(59)69-73-67(74-70(77-69)80-61-36-11-3-28-53(61)54-29-4-12-37-62(54)80)49-24-18-22-47(43-49)45-20-17-21-46(42-45)48-23-19-25-50(44-48)68-75-71(81-63-38-13-5-30-55(63)56-31-6-14-39-64(56)81)78-72(76-68)82-65-40-15-7-32-57(65)58-33-8-16-41-66(58)82/h1-44H. The zero-order valence-corrected chi connectivity index (χ0v) is 43.9. The molecule has 0 spiro atoms. The molecule has 17 rings (SSSR count). The maximum absolute atomic E-state index is 5.37. The number of aromatic nitrogens is 10. The first-order chi connectivity index (χ1) is 40.7. The molecule has 10 nitrogen and oxygen atoms in total. The fraction of sp³-hybridized carbons (Fsp3) is 0. The Bertz CT molecular complexity index is 4640. The Morgan fingerprint density at radius 1 is 0.171 bits per heavy atom. The lowest BCUT2D eigenvalue weighted by atomic mass is 9.97. The molecule has 6 aromatic heterocycles. The number of nitrogens with zero attached hydrogens (tertiary/aromatic N) is 10. The summed E-state index contributed by atoms with van der Waals surface area (Å²) in [5.41, 5.74) is 14.0. The minimum atomic E-state index is 0.536. The minimum Gasteiger partial charge on any atom is -0.278 e. The Morgan fingerprint density at radius 3 is 0.573 bits per heavy atom. The topological polar surface area (TPSA) is 97.1 Å². The molecule has 0 aliphatic carbocycles. The van der Waals surface area contributed by atoms with Crippen LogP contribution < -0.4 is 0 Å². The van der Waals surface area contributed by atoms with E-state index in [1.165, 1.54) is 0 Å². The Balaban J connectivity index is 0.803. The molecule has 0 radical (unpaired) electrons. The Kier molecular flexibility index (Phi) is 10.1. The summed E-state index contributed by atoms with van der Waals surface area (Å²) in [5, 5.41) is 9.06. The number of fused-ring (bicyclic) bond motifs is 12. The summed E-state index contributed by atoms with van der Waals surface area (Å²) >= 11 is 0. The number of benzene rings is 11. The highest BCUT2D eigenvalue weighted by Crippen LogP contribution is 2.38. The van der Waals surface area contributed by atoms with Crippen molar-refractivity contribution in [2.75, 3.05) is 0 Å². The van der Waals surface area contributed by atoms with E-state index in [-0.39, 0.29) is 0 Å². The Morgan fingerprint density at radius 2 is 0.354 bits per heavy atom. The lowest BCUT2D eigenvalue weighted by molar-refractivity contribution is 0.892. The molecule has 0 unspecified atom stereocenters. The van der Waals surface area contributed by atoms with Gasteiger partial charge in [-0.1, -0.05) is 200 Å². The second kappa shape index (κ2) is 18.1. The van der Waals surface area contributed by atoms with Gasteiger partial charge in [0.2, 0.25) is 23.8 Å². The SMILES string of the molecule is c1cc(-c2cccc(-c3nc(-n4c5ccccc5c5ccccc54)nc(-n4c5ccccc5c5ccccc54)n3)c2)cc(-c2cccc(-c3nc(-n4c5ccccc5c5ccccc54)nc(-n4c5ccccc5c5ccccc54)n3)c2)c1. The first-order valence-corrected chi connectivity index (χ1v) is 27.4.